The Morgan fingerprint density at radius 1 is 1.19 bits per heavy atom. The van der Waals surface area contributed by atoms with Gasteiger partial charge in [0, 0.05) is 26.4 Å². The Labute approximate surface area is 125 Å². The number of ether oxygens (including phenoxy) is 2. The van der Waals surface area contributed by atoms with E-state index in [9.17, 15) is 0 Å². The summed E-state index contributed by atoms with van der Waals surface area (Å²) >= 11 is 0. The van der Waals surface area contributed by atoms with Gasteiger partial charge in [-0.1, -0.05) is 18.2 Å². The summed E-state index contributed by atoms with van der Waals surface area (Å²) in [4.78, 5) is 4.47. The van der Waals surface area contributed by atoms with Crippen molar-refractivity contribution in [1.82, 2.24) is 9.55 Å². The molecule has 114 valence electrons. The van der Waals surface area contributed by atoms with E-state index in [1.807, 2.05) is 37.3 Å². The molecule has 0 bridgehead atoms. The molecule has 5 nitrogen and oxygen atoms in total. The van der Waals surface area contributed by atoms with Gasteiger partial charge in [0.1, 0.15) is 5.75 Å². The SMILES string of the molecule is COCCNc1nc(C)cn1CCCOc1ccccc1. The molecule has 0 fully saturated rings. The summed E-state index contributed by atoms with van der Waals surface area (Å²) in [7, 11) is 1.69. The average Bonchev–Trinajstić information content (AvgIpc) is 2.85. The normalized spacial score (nSPS) is 10.6. The number of nitrogens with zero attached hydrogens (tertiary/aromatic N) is 2. The van der Waals surface area contributed by atoms with E-state index < -0.39 is 0 Å². The highest BCUT2D eigenvalue weighted by Crippen LogP contribution is 2.11. The largest absolute Gasteiger partial charge is 0.494 e. The van der Waals surface area contributed by atoms with Gasteiger partial charge in [-0.25, -0.2) is 4.98 Å². The Morgan fingerprint density at radius 2 is 2.00 bits per heavy atom. The van der Waals surface area contributed by atoms with Crippen molar-refractivity contribution in [2.45, 2.75) is 19.9 Å². The zero-order valence-electron chi connectivity index (χ0n) is 12.7. The predicted molar refractivity (Wildman–Crippen MR) is 83.9 cm³/mol. The molecule has 21 heavy (non-hydrogen) atoms. The van der Waals surface area contributed by atoms with Crippen molar-refractivity contribution in [2.24, 2.45) is 0 Å². The number of hydrogen-bond donors (Lipinski definition) is 1. The summed E-state index contributed by atoms with van der Waals surface area (Å²) in [6.45, 7) is 5.00. The number of anilines is 1. The fourth-order valence-electron chi connectivity index (χ4n) is 2.06. The number of para-hydroxylation sites is 1. The van der Waals surface area contributed by atoms with Crippen LogP contribution in [-0.4, -0.2) is 36.4 Å². The van der Waals surface area contributed by atoms with Gasteiger partial charge >= 0.3 is 0 Å². The highest BCUT2D eigenvalue weighted by atomic mass is 16.5. The number of benzene rings is 1. The third kappa shape index (κ3) is 5.11. The summed E-state index contributed by atoms with van der Waals surface area (Å²) in [5.74, 6) is 1.81. The molecule has 0 amide bonds. The van der Waals surface area contributed by atoms with Crippen LogP contribution in [0.2, 0.25) is 0 Å². The first-order valence-electron chi connectivity index (χ1n) is 7.24. The summed E-state index contributed by atoms with van der Waals surface area (Å²) in [5, 5.41) is 3.28. The molecule has 5 heteroatoms. The zero-order chi connectivity index (χ0) is 14.9. The van der Waals surface area contributed by atoms with Crippen molar-refractivity contribution in [3.8, 4) is 5.75 Å². The number of aryl methyl sites for hydroxylation is 2. The van der Waals surface area contributed by atoms with Crippen LogP contribution in [0, 0.1) is 6.92 Å². The van der Waals surface area contributed by atoms with Crippen LogP contribution in [0.15, 0.2) is 36.5 Å². The number of imidazole rings is 1. The lowest BCUT2D eigenvalue weighted by molar-refractivity contribution is 0.210. The van der Waals surface area contributed by atoms with Gasteiger partial charge in [0.15, 0.2) is 0 Å². The number of rotatable bonds is 9. The van der Waals surface area contributed by atoms with Gasteiger partial charge in [-0.2, -0.15) is 0 Å². The number of nitrogens with one attached hydrogen (secondary N) is 1. The Bertz CT molecular complexity index is 526. The maximum Gasteiger partial charge on any atom is 0.203 e. The highest BCUT2D eigenvalue weighted by molar-refractivity contribution is 5.28. The molecule has 0 atom stereocenters. The topological polar surface area (TPSA) is 48.3 Å². The fraction of sp³-hybridized carbons (Fsp3) is 0.438. The molecule has 1 aromatic heterocycles. The van der Waals surface area contributed by atoms with Gasteiger partial charge in [-0.15, -0.1) is 0 Å². The Balaban J connectivity index is 1.77. The van der Waals surface area contributed by atoms with E-state index in [1.165, 1.54) is 0 Å². The van der Waals surface area contributed by atoms with Crippen LogP contribution < -0.4 is 10.1 Å². The minimum atomic E-state index is 0.670. The minimum absolute atomic E-state index is 0.670. The van der Waals surface area contributed by atoms with Crippen LogP contribution in [0.3, 0.4) is 0 Å². The quantitative estimate of drug-likeness (QED) is 0.721. The molecule has 0 saturated heterocycles. The second-order valence-electron chi connectivity index (χ2n) is 4.83. The molecule has 1 heterocycles. The maximum atomic E-state index is 5.70. The number of methoxy groups -OCH3 is 1. The molecule has 2 aromatic rings. The van der Waals surface area contributed by atoms with E-state index in [0.29, 0.717) is 13.2 Å². The Kier molecular flexibility index (Phi) is 6.09. The zero-order valence-corrected chi connectivity index (χ0v) is 12.7. The first-order chi connectivity index (χ1) is 10.3. The molecule has 0 aliphatic rings. The van der Waals surface area contributed by atoms with Crippen LogP contribution >= 0.6 is 0 Å². The van der Waals surface area contributed by atoms with Gasteiger partial charge in [0.2, 0.25) is 5.95 Å². The first kappa shape index (κ1) is 15.4. The van der Waals surface area contributed by atoms with Crippen LogP contribution in [0.5, 0.6) is 5.75 Å². The molecular weight excluding hydrogens is 266 g/mol. The van der Waals surface area contributed by atoms with Crippen molar-refractivity contribution >= 4 is 5.95 Å². The van der Waals surface area contributed by atoms with Crippen LogP contribution in [0.25, 0.3) is 0 Å². The molecule has 0 aliphatic carbocycles. The van der Waals surface area contributed by atoms with Crippen molar-refractivity contribution in [1.29, 1.82) is 0 Å². The van der Waals surface area contributed by atoms with Crippen LogP contribution in [0.1, 0.15) is 12.1 Å². The molecule has 0 radical (unpaired) electrons. The molecule has 1 N–H and O–H groups in total. The van der Waals surface area contributed by atoms with E-state index in [2.05, 4.69) is 21.1 Å². The van der Waals surface area contributed by atoms with Crippen molar-refractivity contribution in [3.05, 3.63) is 42.2 Å². The van der Waals surface area contributed by atoms with E-state index >= 15 is 0 Å². The summed E-state index contributed by atoms with van der Waals surface area (Å²) in [5.41, 5.74) is 1.01. The smallest absolute Gasteiger partial charge is 0.203 e. The van der Waals surface area contributed by atoms with Gasteiger partial charge in [-0.3, -0.25) is 0 Å². The highest BCUT2D eigenvalue weighted by Gasteiger charge is 2.04. The number of aromatic nitrogens is 2. The molecule has 0 unspecified atom stereocenters. The summed E-state index contributed by atoms with van der Waals surface area (Å²) < 4.78 is 12.9. The van der Waals surface area contributed by atoms with Crippen molar-refractivity contribution < 1.29 is 9.47 Å². The fourth-order valence-corrected chi connectivity index (χ4v) is 2.06. The molecular formula is C16H23N3O2. The monoisotopic (exact) mass is 289 g/mol. The predicted octanol–water partition coefficient (Wildman–Crippen LogP) is 2.72. The molecule has 0 spiro atoms. The van der Waals surface area contributed by atoms with Crippen LogP contribution in [-0.2, 0) is 11.3 Å². The standard InChI is InChI=1S/C16H23N3O2/c1-14-13-19(16(18-14)17-9-12-20-2)10-6-11-21-15-7-4-3-5-8-15/h3-5,7-8,13H,6,9-12H2,1-2H3,(H,17,18). The lowest BCUT2D eigenvalue weighted by Gasteiger charge is -2.10. The second-order valence-corrected chi connectivity index (χ2v) is 4.83. The van der Waals surface area contributed by atoms with Crippen molar-refractivity contribution in [2.75, 3.05) is 32.2 Å². The summed E-state index contributed by atoms with van der Waals surface area (Å²) in [6, 6.07) is 9.88. The van der Waals surface area contributed by atoms with Gasteiger partial charge in [-0.05, 0) is 25.5 Å². The molecule has 0 aliphatic heterocycles. The van der Waals surface area contributed by atoms with E-state index in [4.69, 9.17) is 9.47 Å². The number of hydrogen-bond acceptors (Lipinski definition) is 4. The minimum Gasteiger partial charge on any atom is -0.494 e. The Morgan fingerprint density at radius 3 is 2.76 bits per heavy atom. The lowest BCUT2D eigenvalue weighted by Crippen LogP contribution is -2.13. The average molecular weight is 289 g/mol. The molecule has 0 saturated carbocycles. The maximum absolute atomic E-state index is 5.70. The third-order valence-corrected chi connectivity index (χ3v) is 3.04. The van der Waals surface area contributed by atoms with Gasteiger partial charge in [0.05, 0.1) is 18.9 Å². The van der Waals surface area contributed by atoms with Crippen molar-refractivity contribution in [3.63, 3.8) is 0 Å². The van der Waals surface area contributed by atoms with E-state index in [1.54, 1.807) is 7.11 Å². The van der Waals surface area contributed by atoms with E-state index in [-0.39, 0.29) is 0 Å². The lowest BCUT2D eigenvalue weighted by atomic mass is 10.3. The van der Waals surface area contributed by atoms with Gasteiger partial charge < -0.3 is 19.4 Å². The second kappa shape index (κ2) is 8.32. The summed E-state index contributed by atoms with van der Waals surface area (Å²) in [6.07, 6.45) is 2.99. The molecule has 1 aromatic carbocycles. The van der Waals surface area contributed by atoms with Gasteiger partial charge in [0.25, 0.3) is 0 Å². The van der Waals surface area contributed by atoms with Crippen LogP contribution in [0.4, 0.5) is 5.95 Å². The molecule has 2 rings (SSSR count). The third-order valence-electron chi connectivity index (χ3n) is 3.04. The first-order valence-corrected chi connectivity index (χ1v) is 7.24. The van der Waals surface area contributed by atoms with E-state index in [0.717, 1.165) is 36.9 Å². The Hall–Kier alpha value is -2.01.